The lowest BCUT2D eigenvalue weighted by atomic mass is 9.62. The second-order valence-corrected chi connectivity index (χ2v) is 10.4. The molecule has 0 saturated carbocycles. The van der Waals surface area contributed by atoms with Crippen molar-refractivity contribution >= 4 is 28.8 Å². The lowest BCUT2D eigenvalue weighted by Gasteiger charge is -2.37. The number of hydrogen-bond acceptors (Lipinski definition) is 8. The molecular formula is C27H33N5O6. The fourth-order valence-corrected chi connectivity index (χ4v) is 6.69. The maximum Gasteiger partial charge on any atom is 0.313 e. The first-order valence-corrected chi connectivity index (χ1v) is 12.8. The number of carbonyl (C=O) groups excluding carboxylic acids is 3. The standard InChI is InChI=1S/C27H33N5O6/c1-5-11-30(16-32-19-10-8-7-9-18(19)28-29-32)24(35)22-27-15-17(3)26(4,38-27)21(25(36)37-14-6-2)20(27)23(34)31(22)12-13-33/h5-10,17,20-22,33H,1-2,11-16H2,3-4H3/t17?,20-,21+,22?,26-,27?/m0/s1. The minimum atomic E-state index is -1.24. The molecule has 202 valence electrons. The van der Waals surface area contributed by atoms with Crippen molar-refractivity contribution in [3.63, 3.8) is 0 Å². The van der Waals surface area contributed by atoms with Gasteiger partial charge in [-0.05, 0) is 31.4 Å². The van der Waals surface area contributed by atoms with Crippen LogP contribution in [0.5, 0.6) is 0 Å². The number of amides is 2. The average molecular weight is 524 g/mol. The number of rotatable bonds is 10. The van der Waals surface area contributed by atoms with Crippen molar-refractivity contribution in [3.8, 4) is 0 Å². The summed E-state index contributed by atoms with van der Waals surface area (Å²) in [6, 6.07) is 6.38. The summed E-state index contributed by atoms with van der Waals surface area (Å²) in [5, 5.41) is 18.2. The van der Waals surface area contributed by atoms with Gasteiger partial charge in [-0.2, -0.15) is 0 Å². The molecule has 2 bridgehead atoms. The highest BCUT2D eigenvalue weighted by Gasteiger charge is 2.80. The Morgan fingerprint density at radius 2 is 2.08 bits per heavy atom. The van der Waals surface area contributed by atoms with Crippen LogP contribution in [0.15, 0.2) is 49.6 Å². The van der Waals surface area contributed by atoms with Gasteiger partial charge in [0, 0.05) is 13.1 Å². The fraction of sp³-hybridized carbons (Fsp3) is 0.519. The minimum absolute atomic E-state index is 0.00932. The zero-order valence-electron chi connectivity index (χ0n) is 21.7. The second-order valence-electron chi connectivity index (χ2n) is 10.4. The summed E-state index contributed by atoms with van der Waals surface area (Å²) in [7, 11) is 0. The van der Waals surface area contributed by atoms with Crippen molar-refractivity contribution in [2.45, 2.75) is 44.2 Å². The molecule has 11 heteroatoms. The first-order chi connectivity index (χ1) is 18.2. The molecule has 38 heavy (non-hydrogen) atoms. The van der Waals surface area contributed by atoms with E-state index in [2.05, 4.69) is 23.5 Å². The summed E-state index contributed by atoms with van der Waals surface area (Å²) in [4.78, 5) is 44.4. The van der Waals surface area contributed by atoms with E-state index >= 15 is 0 Å². The molecule has 2 amide bonds. The molecule has 11 nitrogen and oxygen atoms in total. The minimum Gasteiger partial charge on any atom is -0.461 e. The Labute approximate surface area is 220 Å². The Balaban J connectivity index is 1.54. The van der Waals surface area contributed by atoms with Crippen LogP contribution < -0.4 is 0 Å². The Bertz CT molecular complexity index is 1290. The van der Waals surface area contributed by atoms with Gasteiger partial charge in [-0.3, -0.25) is 14.4 Å². The lowest BCUT2D eigenvalue weighted by Crippen LogP contribution is -2.57. The zero-order chi connectivity index (χ0) is 27.2. The van der Waals surface area contributed by atoms with Crippen molar-refractivity contribution in [3.05, 3.63) is 49.6 Å². The Morgan fingerprint density at radius 1 is 1.32 bits per heavy atom. The van der Waals surface area contributed by atoms with Gasteiger partial charge in [0.2, 0.25) is 11.8 Å². The van der Waals surface area contributed by atoms with E-state index in [-0.39, 0.29) is 44.8 Å². The third-order valence-electron chi connectivity index (χ3n) is 8.37. The third kappa shape index (κ3) is 3.67. The molecule has 3 saturated heterocycles. The van der Waals surface area contributed by atoms with Crippen molar-refractivity contribution in [2.24, 2.45) is 17.8 Å². The number of β-amino-alcohol motifs (C(OH)–C–C–N with tert-alkyl or cyclic N) is 1. The summed E-state index contributed by atoms with van der Waals surface area (Å²) in [6.07, 6.45) is 3.48. The highest BCUT2D eigenvalue weighted by molar-refractivity contribution is 5.98. The number of esters is 1. The van der Waals surface area contributed by atoms with Gasteiger partial charge in [0.15, 0.2) is 0 Å². The van der Waals surface area contributed by atoms with Gasteiger partial charge in [-0.1, -0.05) is 43.0 Å². The van der Waals surface area contributed by atoms with Crippen molar-refractivity contribution in [2.75, 3.05) is 26.3 Å². The summed E-state index contributed by atoms with van der Waals surface area (Å²) < 4.78 is 13.6. The molecule has 0 radical (unpaired) electrons. The fourth-order valence-electron chi connectivity index (χ4n) is 6.69. The number of fused-ring (bicyclic) bond motifs is 2. The normalized spacial score (nSPS) is 31.4. The van der Waals surface area contributed by atoms with Crippen LogP contribution in [0.3, 0.4) is 0 Å². The first kappa shape index (κ1) is 26.1. The van der Waals surface area contributed by atoms with E-state index in [0.717, 1.165) is 5.52 Å². The quantitative estimate of drug-likeness (QED) is 0.363. The molecule has 1 N–H and O–H groups in total. The number of ether oxygens (including phenoxy) is 2. The van der Waals surface area contributed by atoms with Crippen LogP contribution in [0, 0.1) is 17.8 Å². The van der Waals surface area contributed by atoms with Gasteiger partial charge in [-0.15, -0.1) is 11.7 Å². The number of aliphatic hydroxyl groups is 1. The van der Waals surface area contributed by atoms with Gasteiger partial charge < -0.3 is 24.4 Å². The second kappa shape index (κ2) is 9.63. The van der Waals surface area contributed by atoms with Gasteiger partial charge in [0.25, 0.3) is 0 Å². The van der Waals surface area contributed by atoms with E-state index in [9.17, 15) is 19.5 Å². The predicted molar refractivity (Wildman–Crippen MR) is 136 cm³/mol. The topological polar surface area (TPSA) is 127 Å². The Morgan fingerprint density at radius 3 is 2.79 bits per heavy atom. The smallest absolute Gasteiger partial charge is 0.313 e. The van der Waals surface area contributed by atoms with E-state index in [0.29, 0.717) is 11.9 Å². The van der Waals surface area contributed by atoms with E-state index < -0.39 is 41.0 Å². The largest absolute Gasteiger partial charge is 0.461 e. The molecule has 4 heterocycles. The van der Waals surface area contributed by atoms with E-state index in [1.54, 1.807) is 15.7 Å². The number of nitrogens with zero attached hydrogens (tertiary/aromatic N) is 5. The molecule has 3 fully saturated rings. The molecule has 2 aromatic rings. The number of carbonyl (C=O) groups is 3. The van der Waals surface area contributed by atoms with E-state index in [1.807, 2.05) is 38.1 Å². The molecule has 1 spiro atoms. The number of aromatic nitrogens is 3. The van der Waals surface area contributed by atoms with Gasteiger partial charge >= 0.3 is 5.97 Å². The summed E-state index contributed by atoms with van der Waals surface area (Å²) in [5.41, 5.74) is -0.771. The van der Waals surface area contributed by atoms with Gasteiger partial charge in [0.1, 0.15) is 36.4 Å². The number of hydrogen-bond donors (Lipinski definition) is 1. The highest BCUT2D eigenvalue weighted by Crippen LogP contribution is 2.65. The zero-order valence-corrected chi connectivity index (χ0v) is 21.7. The Hall–Kier alpha value is -3.57. The van der Waals surface area contributed by atoms with Crippen LogP contribution in [0.1, 0.15) is 20.3 Å². The molecule has 3 aliphatic heterocycles. The average Bonchev–Trinajstić information content (AvgIpc) is 3.56. The summed E-state index contributed by atoms with van der Waals surface area (Å²) in [5.74, 6) is -3.22. The maximum atomic E-state index is 14.3. The molecule has 0 aliphatic carbocycles. The summed E-state index contributed by atoms with van der Waals surface area (Å²) >= 11 is 0. The molecule has 6 atom stereocenters. The number of likely N-dealkylation sites (tertiary alicyclic amines) is 1. The summed E-state index contributed by atoms with van der Waals surface area (Å²) in [6.45, 7) is 11.0. The van der Waals surface area contributed by atoms with Crippen molar-refractivity contribution in [1.29, 1.82) is 0 Å². The third-order valence-corrected chi connectivity index (χ3v) is 8.37. The number of para-hydroxylation sites is 1. The van der Waals surface area contributed by atoms with E-state index in [1.165, 1.54) is 11.0 Å². The predicted octanol–water partition coefficient (Wildman–Crippen LogP) is 1.14. The molecule has 3 unspecified atom stereocenters. The van der Waals surface area contributed by atoms with Crippen molar-refractivity contribution in [1.82, 2.24) is 24.8 Å². The van der Waals surface area contributed by atoms with Crippen LogP contribution in [0.4, 0.5) is 0 Å². The van der Waals surface area contributed by atoms with Crippen LogP contribution in [-0.2, 0) is 30.5 Å². The molecule has 5 rings (SSSR count). The SMILES string of the molecule is C=CCOC(=O)[C@H]1[C@H]2C(=O)N(CCO)C(C(=O)N(CC=C)Cn3nnc4ccccc43)C23CC(C)[C@]1(C)O3. The first-order valence-electron chi connectivity index (χ1n) is 12.8. The maximum absolute atomic E-state index is 14.3. The van der Waals surface area contributed by atoms with Gasteiger partial charge in [0.05, 0.1) is 23.6 Å². The van der Waals surface area contributed by atoms with Crippen molar-refractivity contribution < 1.29 is 29.0 Å². The molecule has 3 aliphatic rings. The molecular weight excluding hydrogens is 490 g/mol. The van der Waals surface area contributed by atoms with Crippen LogP contribution in [-0.4, -0.2) is 91.2 Å². The molecule has 1 aromatic carbocycles. The van der Waals surface area contributed by atoms with Gasteiger partial charge in [-0.25, -0.2) is 4.68 Å². The number of aliphatic hydroxyl groups excluding tert-OH is 1. The lowest BCUT2D eigenvalue weighted by molar-refractivity contribution is -0.161. The van der Waals surface area contributed by atoms with Crippen LogP contribution in [0.2, 0.25) is 0 Å². The van der Waals surface area contributed by atoms with Crippen LogP contribution >= 0.6 is 0 Å². The Kier molecular flexibility index (Phi) is 6.60. The number of benzene rings is 1. The molecule has 1 aromatic heterocycles. The van der Waals surface area contributed by atoms with E-state index in [4.69, 9.17) is 9.47 Å². The monoisotopic (exact) mass is 523 g/mol. The van der Waals surface area contributed by atoms with Crippen LogP contribution in [0.25, 0.3) is 11.0 Å². The highest BCUT2D eigenvalue weighted by atomic mass is 16.6.